The molecule has 1 atom stereocenters. The fourth-order valence-corrected chi connectivity index (χ4v) is 3.82. The third-order valence-corrected chi connectivity index (χ3v) is 5.78. The number of anilines is 1. The van der Waals surface area contributed by atoms with Gasteiger partial charge < -0.3 is 25.2 Å². The SMILES string of the molecule is CCC(CO)c1cc2nc(N=C/C(=C(\N)OC)c3ccccc3)cc(N3CCOCC3)n2n1. The predicted octanol–water partition coefficient (Wildman–Crippen LogP) is 2.73. The number of hydrogen-bond acceptors (Lipinski definition) is 8. The highest BCUT2D eigenvalue weighted by Crippen LogP contribution is 2.27. The van der Waals surface area contributed by atoms with E-state index in [1.807, 2.05) is 53.9 Å². The number of rotatable bonds is 8. The molecule has 3 aromatic rings. The summed E-state index contributed by atoms with van der Waals surface area (Å²) in [5.41, 5.74) is 9.17. The number of nitrogens with two attached hydrogens (primary N) is 1. The Labute approximate surface area is 193 Å². The number of allylic oxidation sites excluding steroid dienone is 1. The van der Waals surface area contributed by atoms with Gasteiger partial charge in [-0.1, -0.05) is 37.3 Å². The molecule has 1 fully saturated rings. The monoisotopic (exact) mass is 450 g/mol. The molecule has 3 N–H and O–H groups in total. The molecule has 174 valence electrons. The van der Waals surface area contributed by atoms with Gasteiger partial charge in [0, 0.05) is 37.4 Å². The van der Waals surface area contributed by atoms with Crippen molar-refractivity contribution in [3.8, 4) is 0 Å². The van der Waals surface area contributed by atoms with Crippen LogP contribution in [0.3, 0.4) is 0 Å². The summed E-state index contributed by atoms with van der Waals surface area (Å²) in [5.74, 6) is 1.66. The summed E-state index contributed by atoms with van der Waals surface area (Å²) in [7, 11) is 1.53. The minimum Gasteiger partial charge on any atom is -0.482 e. The van der Waals surface area contributed by atoms with E-state index in [9.17, 15) is 5.11 Å². The molecule has 1 saturated heterocycles. The predicted molar refractivity (Wildman–Crippen MR) is 129 cm³/mol. The first-order valence-electron chi connectivity index (χ1n) is 11.1. The van der Waals surface area contributed by atoms with Gasteiger partial charge >= 0.3 is 0 Å². The number of morpholine rings is 1. The van der Waals surface area contributed by atoms with Crippen molar-refractivity contribution in [1.29, 1.82) is 0 Å². The molecule has 1 aliphatic heterocycles. The molecule has 4 rings (SSSR count). The van der Waals surface area contributed by atoms with E-state index in [1.165, 1.54) is 7.11 Å². The standard InChI is InChI=1S/C24H30N6O3/c1-3-17(16-31)20-13-22-27-21(14-23(30(22)28-20)29-9-11-33-12-10-29)26-15-19(24(25)32-2)18-7-5-4-6-8-18/h4-8,13-15,17,31H,3,9-12,16,25H2,1-2H3/b24-19-,26-15?. The Morgan fingerprint density at radius 3 is 2.70 bits per heavy atom. The van der Waals surface area contributed by atoms with Crippen LogP contribution in [0.15, 0.2) is 53.3 Å². The molecule has 1 aliphatic rings. The lowest BCUT2D eigenvalue weighted by Gasteiger charge is -2.28. The lowest BCUT2D eigenvalue weighted by Crippen LogP contribution is -2.37. The van der Waals surface area contributed by atoms with Crippen LogP contribution in [0.1, 0.15) is 30.5 Å². The Morgan fingerprint density at radius 2 is 2.03 bits per heavy atom. The lowest BCUT2D eigenvalue weighted by atomic mass is 10.0. The average molecular weight is 451 g/mol. The van der Waals surface area contributed by atoms with Gasteiger partial charge in [0.05, 0.1) is 38.2 Å². The summed E-state index contributed by atoms with van der Waals surface area (Å²) in [6.45, 7) is 4.88. The summed E-state index contributed by atoms with van der Waals surface area (Å²) < 4.78 is 12.6. The van der Waals surface area contributed by atoms with Crippen molar-refractivity contribution >= 4 is 29.1 Å². The molecule has 0 spiro atoms. The van der Waals surface area contributed by atoms with Crippen LogP contribution in [0.5, 0.6) is 0 Å². The van der Waals surface area contributed by atoms with Crippen LogP contribution >= 0.6 is 0 Å². The van der Waals surface area contributed by atoms with E-state index in [2.05, 4.69) is 9.89 Å². The minimum atomic E-state index is -0.0368. The van der Waals surface area contributed by atoms with E-state index in [0.717, 1.165) is 36.6 Å². The number of benzene rings is 1. The first kappa shape index (κ1) is 22.8. The third kappa shape index (κ3) is 4.99. The molecule has 0 saturated carbocycles. The smallest absolute Gasteiger partial charge is 0.193 e. The van der Waals surface area contributed by atoms with Gasteiger partial charge in [-0.25, -0.2) is 9.98 Å². The van der Waals surface area contributed by atoms with Crippen LogP contribution in [-0.4, -0.2) is 65.9 Å². The minimum absolute atomic E-state index is 0.0368. The van der Waals surface area contributed by atoms with Crippen molar-refractivity contribution < 1.29 is 14.6 Å². The Balaban J connectivity index is 1.78. The summed E-state index contributed by atoms with van der Waals surface area (Å²) in [4.78, 5) is 11.6. The third-order valence-electron chi connectivity index (χ3n) is 5.78. The second-order valence-electron chi connectivity index (χ2n) is 7.81. The molecular weight excluding hydrogens is 420 g/mol. The fourth-order valence-electron chi connectivity index (χ4n) is 3.82. The zero-order valence-electron chi connectivity index (χ0n) is 19.0. The van der Waals surface area contributed by atoms with Crippen molar-refractivity contribution in [2.45, 2.75) is 19.3 Å². The highest BCUT2D eigenvalue weighted by Gasteiger charge is 2.20. The van der Waals surface area contributed by atoms with Gasteiger partial charge in [0.15, 0.2) is 17.3 Å². The second-order valence-corrected chi connectivity index (χ2v) is 7.81. The summed E-state index contributed by atoms with van der Waals surface area (Å²) >= 11 is 0. The highest BCUT2D eigenvalue weighted by atomic mass is 16.5. The Bertz CT molecular complexity index is 1130. The van der Waals surface area contributed by atoms with Crippen molar-refractivity contribution in [1.82, 2.24) is 14.6 Å². The highest BCUT2D eigenvalue weighted by molar-refractivity contribution is 6.11. The van der Waals surface area contributed by atoms with E-state index in [-0.39, 0.29) is 18.4 Å². The molecule has 0 radical (unpaired) electrons. The van der Waals surface area contributed by atoms with Gasteiger partial charge in [0.2, 0.25) is 0 Å². The maximum absolute atomic E-state index is 9.76. The van der Waals surface area contributed by atoms with Gasteiger partial charge in [0.1, 0.15) is 5.82 Å². The largest absolute Gasteiger partial charge is 0.482 e. The van der Waals surface area contributed by atoms with Crippen molar-refractivity contribution in [3.63, 3.8) is 0 Å². The zero-order valence-corrected chi connectivity index (χ0v) is 19.0. The topological polar surface area (TPSA) is 110 Å². The number of aliphatic hydroxyl groups is 1. The Kier molecular flexibility index (Phi) is 7.21. The van der Waals surface area contributed by atoms with E-state index < -0.39 is 0 Å². The maximum Gasteiger partial charge on any atom is 0.193 e. The van der Waals surface area contributed by atoms with E-state index >= 15 is 0 Å². The number of aromatic nitrogens is 3. The number of nitrogens with zero attached hydrogens (tertiary/aromatic N) is 5. The van der Waals surface area contributed by atoms with Gasteiger partial charge in [-0.2, -0.15) is 9.61 Å². The number of aliphatic imine (C=N–C) groups is 1. The first-order valence-corrected chi connectivity index (χ1v) is 11.1. The van der Waals surface area contributed by atoms with Gasteiger partial charge in [-0.3, -0.25) is 0 Å². The van der Waals surface area contributed by atoms with Crippen LogP contribution in [0.2, 0.25) is 0 Å². The summed E-state index contributed by atoms with van der Waals surface area (Å²) in [6.07, 6.45) is 2.47. The number of ether oxygens (including phenoxy) is 2. The van der Waals surface area contributed by atoms with Crippen LogP contribution in [0.4, 0.5) is 11.6 Å². The quantitative estimate of drug-likeness (QED) is 0.401. The molecule has 9 nitrogen and oxygen atoms in total. The van der Waals surface area contributed by atoms with Gasteiger partial charge in [-0.15, -0.1) is 0 Å². The number of hydrogen-bond donors (Lipinski definition) is 2. The molecule has 9 heteroatoms. The Morgan fingerprint density at radius 1 is 1.27 bits per heavy atom. The number of fused-ring (bicyclic) bond motifs is 1. The Hall–Kier alpha value is -3.43. The number of aliphatic hydroxyl groups excluding tert-OH is 1. The van der Waals surface area contributed by atoms with Crippen molar-refractivity contribution in [2.75, 3.05) is 44.9 Å². The molecule has 33 heavy (non-hydrogen) atoms. The van der Waals surface area contributed by atoms with Crippen molar-refractivity contribution in [2.24, 2.45) is 10.7 Å². The summed E-state index contributed by atoms with van der Waals surface area (Å²) in [5, 5.41) is 14.5. The van der Waals surface area contributed by atoms with Crippen molar-refractivity contribution in [3.05, 3.63) is 59.6 Å². The van der Waals surface area contributed by atoms with Crippen LogP contribution < -0.4 is 10.6 Å². The lowest BCUT2D eigenvalue weighted by molar-refractivity contribution is 0.122. The molecule has 0 bridgehead atoms. The maximum atomic E-state index is 9.76. The van der Waals surface area contributed by atoms with E-state index in [0.29, 0.717) is 30.3 Å². The molecular formula is C24H30N6O3. The molecule has 2 aromatic heterocycles. The number of methoxy groups -OCH3 is 1. The summed E-state index contributed by atoms with van der Waals surface area (Å²) in [6, 6.07) is 13.6. The van der Waals surface area contributed by atoms with Crippen LogP contribution in [0, 0.1) is 0 Å². The zero-order chi connectivity index (χ0) is 23.2. The van der Waals surface area contributed by atoms with Gasteiger partial charge in [-0.05, 0) is 12.0 Å². The van der Waals surface area contributed by atoms with Crippen LogP contribution in [0.25, 0.3) is 11.2 Å². The first-order chi connectivity index (χ1) is 16.1. The molecule has 1 aromatic carbocycles. The molecule has 3 heterocycles. The average Bonchev–Trinajstić information content (AvgIpc) is 3.29. The normalized spacial score (nSPS) is 16.3. The van der Waals surface area contributed by atoms with Gasteiger partial charge in [0.25, 0.3) is 0 Å². The molecule has 0 aliphatic carbocycles. The fraction of sp³-hybridized carbons (Fsp3) is 0.375. The van der Waals surface area contributed by atoms with E-state index in [4.69, 9.17) is 25.3 Å². The van der Waals surface area contributed by atoms with Crippen LogP contribution in [-0.2, 0) is 9.47 Å². The molecule has 1 unspecified atom stereocenters. The molecule has 0 amide bonds. The van der Waals surface area contributed by atoms with E-state index in [1.54, 1.807) is 6.21 Å². The second kappa shape index (κ2) is 10.5.